The summed E-state index contributed by atoms with van der Waals surface area (Å²) in [6.45, 7) is 3.84. The zero-order valence-corrected chi connectivity index (χ0v) is 12.5. The lowest BCUT2D eigenvalue weighted by atomic mass is 10.0. The van der Waals surface area contributed by atoms with E-state index in [-0.39, 0.29) is 28.6 Å². The summed E-state index contributed by atoms with van der Waals surface area (Å²) in [7, 11) is 0. The molecule has 6 heteroatoms. The third-order valence-corrected chi connectivity index (χ3v) is 3.39. The molecular weight excluding hydrogens is 316 g/mol. The van der Waals surface area contributed by atoms with E-state index in [0.717, 1.165) is 0 Å². The standard InChI is InChI=1S/C12H15BrN2O2S/c1-6(2)10(11(14)18)15-12(17)7-3-4-8(13)9(16)5-7/h3-6,10,16H,1-2H3,(H2,14,18)(H,15,17). The number of nitrogens with two attached hydrogens (primary N) is 1. The van der Waals surface area contributed by atoms with Gasteiger partial charge in [0.1, 0.15) is 5.75 Å². The minimum Gasteiger partial charge on any atom is -0.507 e. The maximum atomic E-state index is 12.0. The highest BCUT2D eigenvalue weighted by Gasteiger charge is 2.19. The molecule has 0 bridgehead atoms. The molecule has 1 aromatic carbocycles. The maximum absolute atomic E-state index is 12.0. The van der Waals surface area contributed by atoms with Crippen molar-refractivity contribution >= 4 is 39.0 Å². The largest absolute Gasteiger partial charge is 0.507 e. The Labute approximate surface area is 120 Å². The summed E-state index contributed by atoms with van der Waals surface area (Å²) < 4.78 is 0.536. The van der Waals surface area contributed by atoms with Crippen molar-refractivity contribution < 1.29 is 9.90 Å². The number of phenolic OH excluding ortho intramolecular Hbond substituents is 1. The topological polar surface area (TPSA) is 75.3 Å². The van der Waals surface area contributed by atoms with Crippen molar-refractivity contribution in [1.29, 1.82) is 0 Å². The molecule has 98 valence electrons. The van der Waals surface area contributed by atoms with Crippen LogP contribution in [0.25, 0.3) is 0 Å². The fourth-order valence-electron chi connectivity index (χ4n) is 1.44. The highest BCUT2D eigenvalue weighted by molar-refractivity contribution is 9.10. The van der Waals surface area contributed by atoms with Crippen LogP contribution >= 0.6 is 28.1 Å². The smallest absolute Gasteiger partial charge is 0.251 e. The van der Waals surface area contributed by atoms with E-state index in [1.165, 1.54) is 6.07 Å². The van der Waals surface area contributed by atoms with E-state index in [0.29, 0.717) is 10.0 Å². The van der Waals surface area contributed by atoms with Crippen LogP contribution in [0.3, 0.4) is 0 Å². The molecule has 1 atom stereocenters. The quantitative estimate of drug-likeness (QED) is 0.740. The van der Waals surface area contributed by atoms with Gasteiger partial charge in [-0.3, -0.25) is 4.79 Å². The first-order chi connectivity index (χ1) is 8.32. The van der Waals surface area contributed by atoms with E-state index in [9.17, 15) is 9.90 Å². The summed E-state index contributed by atoms with van der Waals surface area (Å²) in [4.78, 5) is 12.2. The van der Waals surface area contributed by atoms with Gasteiger partial charge in [-0.2, -0.15) is 0 Å². The van der Waals surface area contributed by atoms with Gasteiger partial charge in [0.2, 0.25) is 0 Å². The minimum atomic E-state index is -0.363. The molecule has 0 spiro atoms. The first-order valence-corrected chi connectivity index (χ1v) is 6.61. The van der Waals surface area contributed by atoms with Crippen molar-refractivity contribution in [3.8, 4) is 5.75 Å². The van der Waals surface area contributed by atoms with Crippen LogP contribution in [-0.2, 0) is 0 Å². The third-order valence-electron chi connectivity index (χ3n) is 2.47. The van der Waals surface area contributed by atoms with E-state index in [1.807, 2.05) is 13.8 Å². The zero-order chi connectivity index (χ0) is 13.9. The van der Waals surface area contributed by atoms with E-state index < -0.39 is 0 Å². The Morgan fingerprint density at radius 1 is 1.50 bits per heavy atom. The normalized spacial score (nSPS) is 12.2. The number of thiocarbonyl (C=S) groups is 1. The van der Waals surface area contributed by atoms with Crippen LogP contribution in [0.1, 0.15) is 24.2 Å². The molecule has 1 amide bonds. The van der Waals surface area contributed by atoms with Crippen molar-refractivity contribution in [1.82, 2.24) is 5.32 Å². The molecule has 1 aromatic rings. The molecule has 4 N–H and O–H groups in total. The molecule has 0 aliphatic rings. The molecule has 0 saturated heterocycles. The third kappa shape index (κ3) is 3.68. The molecule has 18 heavy (non-hydrogen) atoms. The van der Waals surface area contributed by atoms with E-state index in [4.69, 9.17) is 18.0 Å². The second-order valence-corrected chi connectivity index (χ2v) is 5.59. The van der Waals surface area contributed by atoms with Crippen LogP contribution in [0.15, 0.2) is 22.7 Å². The van der Waals surface area contributed by atoms with Gasteiger partial charge >= 0.3 is 0 Å². The monoisotopic (exact) mass is 330 g/mol. The zero-order valence-electron chi connectivity index (χ0n) is 10.1. The fourth-order valence-corrected chi connectivity index (χ4v) is 2.02. The molecule has 0 heterocycles. The Kier molecular flexibility index (Phi) is 5.10. The molecule has 0 aromatic heterocycles. The molecule has 0 saturated carbocycles. The summed E-state index contributed by atoms with van der Waals surface area (Å²) in [6.07, 6.45) is 0. The van der Waals surface area contributed by atoms with Crippen LogP contribution in [0.2, 0.25) is 0 Å². The van der Waals surface area contributed by atoms with Gasteiger partial charge in [0.15, 0.2) is 0 Å². The first-order valence-electron chi connectivity index (χ1n) is 5.41. The van der Waals surface area contributed by atoms with Gasteiger partial charge in [-0.1, -0.05) is 26.1 Å². The van der Waals surface area contributed by atoms with Gasteiger partial charge in [-0.25, -0.2) is 0 Å². The first kappa shape index (κ1) is 14.9. The van der Waals surface area contributed by atoms with E-state index >= 15 is 0 Å². The number of hydrogen-bond donors (Lipinski definition) is 3. The lowest BCUT2D eigenvalue weighted by molar-refractivity contribution is 0.0939. The number of hydrogen-bond acceptors (Lipinski definition) is 3. The minimum absolute atomic E-state index is 0.0130. The van der Waals surface area contributed by atoms with Crippen molar-refractivity contribution in [3.63, 3.8) is 0 Å². The average Bonchev–Trinajstić information content (AvgIpc) is 2.28. The maximum Gasteiger partial charge on any atom is 0.251 e. The summed E-state index contributed by atoms with van der Waals surface area (Å²) in [6, 6.07) is 4.24. The molecule has 0 fully saturated rings. The van der Waals surface area contributed by atoms with Crippen molar-refractivity contribution in [2.45, 2.75) is 19.9 Å². The van der Waals surface area contributed by atoms with Crippen molar-refractivity contribution in [3.05, 3.63) is 28.2 Å². The number of amides is 1. The van der Waals surface area contributed by atoms with Crippen LogP contribution in [0, 0.1) is 5.92 Å². The van der Waals surface area contributed by atoms with E-state index in [1.54, 1.807) is 12.1 Å². The van der Waals surface area contributed by atoms with Crippen LogP contribution in [0.5, 0.6) is 5.75 Å². The van der Waals surface area contributed by atoms with Crippen LogP contribution < -0.4 is 11.1 Å². The predicted octanol–water partition coefficient (Wildman–Crippen LogP) is 2.20. The fraction of sp³-hybridized carbons (Fsp3) is 0.333. The molecule has 0 aliphatic carbocycles. The van der Waals surface area contributed by atoms with Gasteiger partial charge in [0, 0.05) is 5.56 Å². The van der Waals surface area contributed by atoms with E-state index in [2.05, 4.69) is 21.2 Å². The number of carbonyl (C=O) groups excluding carboxylic acids is 1. The Balaban J connectivity index is 2.87. The van der Waals surface area contributed by atoms with Gasteiger partial charge in [0.25, 0.3) is 5.91 Å². The SMILES string of the molecule is CC(C)C(NC(=O)c1ccc(Br)c(O)c1)C(N)=S. The lowest BCUT2D eigenvalue weighted by Gasteiger charge is -2.21. The summed E-state index contributed by atoms with van der Waals surface area (Å²) in [5.41, 5.74) is 5.94. The molecule has 4 nitrogen and oxygen atoms in total. The molecule has 0 aliphatic heterocycles. The highest BCUT2D eigenvalue weighted by atomic mass is 79.9. The van der Waals surface area contributed by atoms with Gasteiger partial charge in [-0.15, -0.1) is 0 Å². The number of phenols is 1. The second-order valence-electron chi connectivity index (χ2n) is 4.26. The average molecular weight is 331 g/mol. The summed E-state index contributed by atoms with van der Waals surface area (Å²) in [5.74, 6) is -0.195. The number of benzene rings is 1. The van der Waals surface area contributed by atoms with Crippen molar-refractivity contribution in [2.75, 3.05) is 0 Å². The Morgan fingerprint density at radius 2 is 2.11 bits per heavy atom. The molecule has 1 unspecified atom stereocenters. The van der Waals surface area contributed by atoms with Crippen LogP contribution in [0.4, 0.5) is 0 Å². The van der Waals surface area contributed by atoms with Gasteiger partial charge < -0.3 is 16.2 Å². The number of halogens is 1. The number of rotatable bonds is 4. The molecular formula is C12H15BrN2O2S. The summed E-state index contributed by atoms with van der Waals surface area (Å²) >= 11 is 8.07. The van der Waals surface area contributed by atoms with Crippen molar-refractivity contribution in [2.24, 2.45) is 11.7 Å². The Bertz CT molecular complexity index is 477. The number of carbonyl (C=O) groups is 1. The number of aromatic hydroxyl groups is 1. The second kappa shape index (κ2) is 6.15. The van der Waals surface area contributed by atoms with Gasteiger partial charge in [0.05, 0.1) is 15.5 Å². The van der Waals surface area contributed by atoms with Gasteiger partial charge in [-0.05, 0) is 40.0 Å². The molecule has 1 rings (SSSR count). The highest BCUT2D eigenvalue weighted by Crippen LogP contribution is 2.24. The summed E-state index contributed by atoms with van der Waals surface area (Å²) in [5, 5.41) is 12.3. The van der Waals surface area contributed by atoms with Crippen LogP contribution in [-0.4, -0.2) is 22.0 Å². The predicted molar refractivity (Wildman–Crippen MR) is 78.7 cm³/mol. The number of nitrogens with one attached hydrogen (secondary N) is 1. The molecule has 0 radical (unpaired) electrons. The Morgan fingerprint density at radius 3 is 2.56 bits per heavy atom. The Hall–Kier alpha value is -1.14. The lowest BCUT2D eigenvalue weighted by Crippen LogP contribution is -2.46.